The van der Waals surface area contributed by atoms with Crippen LogP contribution in [0.2, 0.25) is 0 Å². The standard InChI is InChI=1S/C18H18N2O3/c21-20(22)8-3-1-7(2-4-8)6-19-18-15-10-5-9-11-12(10)16(18)14(11)17(23-18)13(9)15/h1-4,9-17,19H,5-6H2. The summed E-state index contributed by atoms with van der Waals surface area (Å²) < 4.78 is 6.62. The average Bonchev–Trinajstić information content (AvgIpc) is 3.18. The first-order valence-electron chi connectivity index (χ1n) is 8.87. The van der Waals surface area contributed by atoms with Gasteiger partial charge in [-0.05, 0) is 47.5 Å². The van der Waals surface area contributed by atoms with Crippen LogP contribution in [-0.4, -0.2) is 16.8 Å². The zero-order chi connectivity index (χ0) is 15.1. The van der Waals surface area contributed by atoms with Gasteiger partial charge in [-0.25, -0.2) is 0 Å². The number of benzene rings is 1. The van der Waals surface area contributed by atoms with Crippen LogP contribution in [0, 0.1) is 57.5 Å². The third-order valence-electron chi connectivity index (χ3n) is 8.42. The van der Waals surface area contributed by atoms with E-state index in [0.29, 0.717) is 6.10 Å². The van der Waals surface area contributed by atoms with E-state index in [-0.39, 0.29) is 16.3 Å². The molecular formula is C18H18N2O3. The maximum absolute atomic E-state index is 10.8. The van der Waals surface area contributed by atoms with Crippen LogP contribution >= 0.6 is 0 Å². The zero-order valence-corrected chi connectivity index (χ0v) is 12.6. The highest BCUT2D eigenvalue weighted by molar-refractivity contribution is 5.39. The fourth-order valence-corrected chi connectivity index (χ4v) is 8.27. The molecule has 0 spiro atoms. The molecule has 2 aliphatic heterocycles. The molecule has 23 heavy (non-hydrogen) atoms. The van der Waals surface area contributed by atoms with Gasteiger partial charge in [0.25, 0.3) is 5.69 Å². The number of ether oxygens (including phenoxy) is 1. The summed E-state index contributed by atoms with van der Waals surface area (Å²) in [4.78, 5) is 10.4. The molecule has 0 radical (unpaired) electrons. The minimum atomic E-state index is -0.342. The first-order valence-corrected chi connectivity index (χ1v) is 8.87. The fourth-order valence-electron chi connectivity index (χ4n) is 8.27. The van der Waals surface area contributed by atoms with Crippen LogP contribution in [0.15, 0.2) is 24.3 Å². The molecule has 7 aliphatic rings. The van der Waals surface area contributed by atoms with Crippen molar-refractivity contribution < 1.29 is 9.66 Å². The van der Waals surface area contributed by atoms with E-state index in [0.717, 1.165) is 59.5 Å². The number of rotatable bonds is 4. The molecule has 5 heteroatoms. The van der Waals surface area contributed by atoms with Crippen molar-refractivity contribution in [1.29, 1.82) is 0 Å². The van der Waals surface area contributed by atoms with E-state index in [1.807, 2.05) is 12.1 Å². The van der Waals surface area contributed by atoms with Crippen molar-refractivity contribution in [3.8, 4) is 0 Å². The highest BCUT2D eigenvalue weighted by atomic mass is 16.6. The highest BCUT2D eigenvalue weighted by Crippen LogP contribution is 2.89. The van der Waals surface area contributed by atoms with E-state index < -0.39 is 0 Å². The molecule has 4 bridgehead atoms. The monoisotopic (exact) mass is 310 g/mol. The molecule has 118 valence electrons. The molecule has 7 fully saturated rings. The van der Waals surface area contributed by atoms with E-state index in [1.165, 1.54) is 6.42 Å². The molecule has 0 aromatic heterocycles. The van der Waals surface area contributed by atoms with Gasteiger partial charge in [-0.2, -0.15) is 0 Å². The summed E-state index contributed by atoms with van der Waals surface area (Å²) in [6.45, 7) is 0.756. The van der Waals surface area contributed by atoms with Gasteiger partial charge in [-0.15, -0.1) is 0 Å². The summed E-state index contributed by atoms with van der Waals surface area (Å²) in [7, 11) is 0. The van der Waals surface area contributed by atoms with Gasteiger partial charge in [-0.3, -0.25) is 15.4 Å². The Morgan fingerprint density at radius 2 is 1.96 bits per heavy atom. The summed E-state index contributed by atoms with van der Waals surface area (Å²) >= 11 is 0. The lowest BCUT2D eigenvalue weighted by Gasteiger charge is -2.46. The molecule has 5 aliphatic carbocycles. The molecule has 2 heterocycles. The van der Waals surface area contributed by atoms with Gasteiger partial charge in [-0.1, -0.05) is 12.1 Å². The Morgan fingerprint density at radius 1 is 1.13 bits per heavy atom. The predicted octanol–water partition coefficient (Wildman–Crippen LogP) is 2.17. The largest absolute Gasteiger partial charge is 0.356 e. The van der Waals surface area contributed by atoms with Crippen molar-refractivity contribution >= 4 is 5.69 Å². The Balaban J connectivity index is 1.19. The van der Waals surface area contributed by atoms with Crippen LogP contribution in [0.5, 0.6) is 0 Å². The Labute approximate surface area is 133 Å². The number of nitro benzene ring substituents is 1. The van der Waals surface area contributed by atoms with Gasteiger partial charge in [0.1, 0.15) is 5.72 Å². The molecule has 1 aromatic carbocycles. The molecule has 2 saturated heterocycles. The molecule has 0 amide bonds. The first kappa shape index (κ1) is 12.0. The third-order valence-corrected chi connectivity index (χ3v) is 8.42. The minimum absolute atomic E-state index is 0.0567. The van der Waals surface area contributed by atoms with Gasteiger partial charge < -0.3 is 4.74 Å². The SMILES string of the molecule is O=[N+]([O-])c1ccc(CNC23OC4C5C6CC(C7C6C4C72)C53)cc1. The normalized spacial score (nSPS) is 57.7. The van der Waals surface area contributed by atoms with Crippen molar-refractivity contribution in [2.45, 2.75) is 24.8 Å². The lowest BCUT2D eigenvalue weighted by Crippen LogP contribution is -2.56. The average molecular weight is 310 g/mol. The molecule has 5 saturated carbocycles. The van der Waals surface area contributed by atoms with Crippen molar-refractivity contribution in [2.24, 2.45) is 47.3 Å². The van der Waals surface area contributed by atoms with Crippen molar-refractivity contribution in [3.05, 3.63) is 39.9 Å². The van der Waals surface area contributed by atoms with Gasteiger partial charge in [0.15, 0.2) is 0 Å². The molecule has 10 atom stereocenters. The Hall–Kier alpha value is -1.46. The maximum Gasteiger partial charge on any atom is 0.269 e. The number of hydrogen-bond donors (Lipinski definition) is 1. The van der Waals surface area contributed by atoms with Gasteiger partial charge in [0.2, 0.25) is 0 Å². The molecule has 8 rings (SSSR count). The van der Waals surface area contributed by atoms with E-state index in [4.69, 9.17) is 4.74 Å². The van der Waals surface area contributed by atoms with Crippen LogP contribution < -0.4 is 5.32 Å². The highest BCUT2D eigenvalue weighted by Gasteiger charge is 2.92. The van der Waals surface area contributed by atoms with Crippen LogP contribution in [0.3, 0.4) is 0 Å². The molecule has 5 nitrogen and oxygen atoms in total. The number of nitro groups is 1. The topological polar surface area (TPSA) is 64.4 Å². The Bertz CT molecular complexity index is 754. The molecular weight excluding hydrogens is 292 g/mol. The molecule has 1 N–H and O–H groups in total. The zero-order valence-electron chi connectivity index (χ0n) is 12.6. The van der Waals surface area contributed by atoms with Gasteiger partial charge in [0.05, 0.1) is 11.0 Å². The lowest BCUT2D eigenvalue weighted by molar-refractivity contribution is -0.384. The fraction of sp³-hybridized carbons (Fsp3) is 0.667. The molecule has 10 unspecified atom stereocenters. The summed E-state index contributed by atoms with van der Waals surface area (Å²) in [6, 6.07) is 6.93. The van der Waals surface area contributed by atoms with E-state index in [9.17, 15) is 10.1 Å². The smallest absolute Gasteiger partial charge is 0.269 e. The Kier molecular flexibility index (Phi) is 1.73. The summed E-state index contributed by atoms with van der Waals surface area (Å²) in [6.07, 6.45) is 2.02. The van der Waals surface area contributed by atoms with Crippen LogP contribution in [0.4, 0.5) is 5.69 Å². The quantitative estimate of drug-likeness (QED) is 0.684. The van der Waals surface area contributed by atoms with Crippen molar-refractivity contribution in [2.75, 3.05) is 0 Å². The number of nitrogens with one attached hydrogen (secondary N) is 1. The number of hydrogen-bond acceptors (Lipinski definition) is 4. The summed E-state index contributed by atoms with van der Waals surface area (Å²) in [5.74, 6) is 7.05. The van der Waals surface area contributed by atoms with Crippen LogP contribution in [-0.2, 0) is 11.3 Å². The first-order chi connectivity index (χ1) is 11.2. The second-order valence-corrected chi connectivity index (χ2v) is 8.58. The summed E-state index contributed by atoms with van der Waals surface area (Å²) in [5.41, 5.74) is 1.21. The van der Waals surface area contributed by atoms with Gasteiger partial charge >= 0.3 is 0 Å². The number of non-ortho nitro benzene ring substituents is 1. The van der Waals surface area contributed by atoms with E-state index in [2.05, 4.69) is 5.32 Å². The van der Waals surface area contributed by atoms with E-state index >= 15 is 0 Å². The van der Waals surface area contributed by atoms with Gasteiger partial charge in [0, 0.05) is 30.5 Å². The Morgan fingerprint density at radius 3 is 2.74 bits per heavy atom. The van der Waals surface area contributed by atoms with Crippen LogP contribution in [0.25, 0.3) is 0 Å². The van der Waals surface area contributed by atoms with Crippen molar-refractivity contribution in [3.63, 3.8) is 0 Å². The second-order valence-electron chi connectivity index (χ2n) is 8.58. The maximum atomic E-state index is 10.8. The van der Waals surface area contributed by atoms with E-state index in [1.54, 1.807) is 12.1 Å². The summed E-state index contributed by atoms with van der Waals surface area (Å²) in [5, 5.41) is 14.6. The second kappa shape index (κ2) is 3.33. The predicted molar refractivity (Wildman–Crippen MR) is 80.1 cm³/mol. The minimum Gasteiger partial charge on any atom is -0.356 e. The number of nitrogens with zero attached hydrogens (tertiary/aromatic N) is 1. The van der Waals surface area contributed by atoms with Crippen molar-refractivity contribution in [1.82, 2.24) is 5.32 Å². The lowest BCUT2D eigenvalue weighted by atomic mass is 9.59. The van der Waals surface area contributed by atoms with Crippen LogP contribution in [0.1, 0.15) is 12.0 Å². The molecule has 1 aromatic rings. The third kappa shape index (κ3) is 1.01.